The smallest absolute Gasteiger partial charge is 0.161 e. The molecule has 3 nitrogen and oxygen atoms in total. The second-order valence-electron chi connectivity index (χ2n) is 6.47. The molecule has 0 unspecified atom stereocenters. The molecule has 0 radical (unpaired) electrons. The van der Waals surface area contributed by atoms with Crippen molar-refractivity contribution in [3.63, 3.8) is 0 Å². The Morgan fingerprint density at radius 2 is 1.95 bits per heavy atom. The first-order chi connectivity index (χ1) is 8.89. The van der Waals surface area contributed by atoms with Gasteiger partial charge < -0.3 is 4.90 Å². The maximum atomic E-state index is 11.2. The van der Waals surface area contributed by atoms with E-state index in [9.17, 15) is 4.79 Å². The predicted octanol–water partition coefficient (Wildman–Crippen LogP) is 3.69. The molecule has 0 amide bonds. The second-order valence-corrected chi connectivity index (χ2v) is 6.47. The molecule has 19 heavy (non-hydrogen) atoms. The van der Waals surface area contributed by atoms with Crippen molar-refractivity contribution in [1.29, 1.82) is 0 Å². The molecular formula is C16H24N2O. The zero-order valence-corrected chi connectivity index (χ0v) is 12.4. The van der Waals surface area contributed by atoms with Gasteiger partial charge in [-0.1, -0.05) is 13.8 Å². The molecule has 1 heterocycles. The molecule has 104 valence electrons. The maximum absolute atomic E-state index is 11.2. The number of hydrogen-bond acceptors (Lipinski definition) is 3. The zero-order chi connectivity index (χ0) is 14.0. The van der Waals surface area contributed by atoms with Crippen molar-refractivity contribution in [3.8, 4) is 0 Å². The van der Waals surface area contributed by atoms with Crippen LogP contribution in [0.25, 0.3) is 0 Å². The van der Waals surface area contributed by atoms with Crippen LogP contribution in [0.3, 0.4) is 0 Å². The predicted molar refractivity (Wildman–Crippen MR) is 78.7 cm³/mol. The van der Waals surface area contributed by atoms with Crippen LogP contribution in [0, 0.1) is 5.41 Å². The Morgan fingerprint density at radius 3 is 2.42 bits per heavy atom. The Bertz CT molecular complexity index is 440. The summed E-state index contributed by atoms with van der Waals surface area (Å²) in [6.45, 7) is 6.27. The topological polar surface area (TPSA) is 33.2 Å². The fraction of sp³-hybridized carbons (Fsp3) is 0.625. The number of nitrogens with zero attached hydrogens (tertiary/aromatic N) is 2. The Morgan fingerprint density at radius 1 is 1.32 bits per heavy atom. The van der Waals surface area contributed by atoms with Crippen LogP contribution in [-0.2, 0) is 0 Å². The molecule has 0 saturated heterocycles. The minimum atomic E-state index is 0.0705. The van der Waals surface area contributed by atoms with E-state index in [1.54, 1.807) is 13.1 Å². The Labute approximate surface area is 116 Å². The van der Waals surface area contributed by atoms with Crippen molar-refractivity contribution in [1.82, 2.24) is 4.98 Å². The number of carbonyl (C=O) groups is 1. The molecule has 1 fully saturated rings. The summed E-state index contributed by atoms with van der Waals surface area (Å²) in [7, 11) is 2.11. The quantitative estimate of drug-likeness (QED) is 0.777. The average molecular weight is 260 g/mol. The Hall–Kier alpha value is -1.38. The number of hydrogen-bond donors (Lipinski definition) is 0. The summed E-state index contributed by atoms with van der Waals surface area (Å²) in [6.07, 6.45) is 6.67. The molecule has 0 atom stereocenters. The molecule has 1 aliphatic carbocycles. The van der Waals surface area contributed by atoms with Gasteiger partial charge in [-0.3, -0.25) is 4.79 Å². The molecule has 0 N–H and O–H groups in total. The SMILES string of the molecule is CC(=O)c1ccc(N(C)C2CCC(C)(C)CC2)nc1. The summed E-state index contributed by atoms with van der Waals surface area (Å²) in [5.74, 6) is 1.04. The summed E-state index contributed by atoms with van der Waals surface area (Å²) < 4.78 is 0. The van der Waals surface area contributed by atoms with Crippen LogP contribution in [-0.4, -0.2) is 23.9 Å². The van der Waals surface area contributed by atoms with E-state index in [0.29, 0.717) is 17.0 Å². The number of ketones is 1. The van der Waals surface area contributed by atoms with Crippen LogP contribution in [0.4, 0.5) is 5.82 Å². The lowest BCUT2D eigenvalue weighted by Crippen LogP contribution is -2.37. The molecule has 3 heteroatoms. The van der Waals surface area contributed by atoms with Crippen LogP contribution < -0.4 is 4.90 Å². The van der Waals surface area contributed by atoms with Crippen LogP contribution in [0.2, 0.25) is 0 Å². The second kappa shape index (κ2) is 5.32. The van der Waals surface area contributed by atoms with Crippen molar-refractivity contribution in [2.45, 2.75) is 52.5 Å². The third kappa shape index (κ3) is 3.34. The number of pyridine rings is 1. The molecule has 1 aliphatic rings. The minimum absolute atomic E-state index is 0.0705. The highest BCUT2D eigenvalue weighted by Gasteiger charge is 2.29. The number of aromatic nitrogens is 1. The summed E-state index contributed by atoms with van der Waals surface area (Å²) in [4.78, 5) is 17.9. The van der Waals surface area contributed by atoms with Gasteiger partial charge in [0.25, 0.3) is 0 Å². The molecule has 1 aromatic rings. The van der Waals surface area contributed by atoms with E-state index in [0.717, 1.165) is 5.82 Å². The summed E-state index contributed by atoms with van der Waals surface area (Å²) in [5, 5.41) is 0. The largest absolute Gasteiger partial charge is 0.357 e. The highest BCUT2D eigenvalue weighted by molar-refractivity contribution is 5.93. The lowest BCUT2D eigenvalue weighted by Gasteiger charge is -2.39. The average Bonchev–Trinajstić information content (AvgIpc) is 2.38. The summed E-state index contributed by atoms with van der Waals surface area (Å²) in [6, 6.07) is 4.40. The van der Waals surface area contributed by atoms with Crippen LogP contribution in [0.1, 0.15) is 56.8 Å². The maximum Gasteiger partial charge on any atom is 0.161 e. The highest BCUT2D eigenvalue weighted by Crippen LogP contribution is 2.37. The monoisotopic (exact) mass is 260 g/mol. The molecule has 2 rings (SSSR count). The van der Waals surface area contributed by atoms with E-state index < -0.39 is 0 Å². The highest BCUT2D eigenvalue weighted by atomic mass is 16.1. The lowest BCUT2D eigenvalue weighted by atomic mass is 9.75. The van der Waals surface area contributed by atoms with Crippen LogP contribution >= 0.6 is 0 Å². The molecule has 1 aromatic heterocycles. The van der Waals surface area contributed by atoms with Gasteiger partial charge in [0.05, 0.1) is 0 Å². The first kappa shape index (κ1) is 14.0. The fourth-order valence-electron chi connectivity index (χ4n) is 2.76. The van der Waals surface area contributed by atoms with Crippen LogP contribution in [0.5, 0.6) is 0 Å². The number of Topliss-reactive ketones (excluding diaryl/α,β-unsaturated/α-hetero) is 1. The van der Waals surface area contributed by atoms with Gasteiger partial charge in [0, 0.05) is 24.8 Å². The van der Waals surface area contributed by atoms with Crippen molar-refractivity contribution < 1.29 is 4.79 Å². The number of carbonyl (C=O) groups excluding carboxylic acids is 1. The van der Waals surface area contributed by atoms with E-state index in [-0.39, 0.29) is 5.78 Å². The summed E-state index contributed by atoms with van der Waals surface area (Å²) >= 11 is 0. The van der Waals surface area contributed by atoms with Crippen molar-refractivity contribution in [2.24, 2.45) is 5.41 Å². The molecule has 0 aliphatic heterocycles. The van der Waals surface area contributed by atoms with Gasteiger partial charge in [0.15, 0.2) is 5.78 Å². The van der Waals surface area contributed by atoms with Gasteiger partial charge >= 0.3 is 0 Å². The van der Waals surface area contributed by atoms with E-state index in [4.69, 9.17) is 0 Å². The first-order valence-corrected chi connectivity index (χ1v) is 7.09. The third-order valence-electron chi connectivity index (χ3n) is 4.37. The zero-order valence-electron chi connectivity index (χ0n) is 12.4. The van der Waals surface area contributed by atoms with Gasteiger partial charge in [0.2, 0.25) is 0 Å². The minimum Gasteiger partial charge on any atom is -0.357 e. The van der Waals surface area contributed by atoms with Crippen molar-refractivity contribution in [2.75, 3.05) is 11.9 Å². The van der Waals surface area contributed by atoms with E-state index in [1.807, 2.05) is 12.1 Å². The number of anilines is 1. The molecule has 1 saturated carbocycles. The molecule has 0 spiro atoms. The van der Waals surface area contributed by atoms with E-state index in [1.165, 1.54) is 25.7 Å². The van der Waals surface area contributed by atoms with Gasteiger partial charge in [0.1, 0.15) is 5.82 Å². The van der Waals surface area contributed by atoms with Gasteiger partial charge in [-0.25, -0.2) is 4.98 Å². The van der Waals surface area contributed by atoms with E-state index >= 15 is 0 Å². The lowest BCUT2D eigenvalue weighted by molar-refractivity contribution is 0.101. The number of rotatable bonds is 3. The Balaban J connectivity index is 2.03. The molecule has 0 aromatic carbocycles. The van der Waals surface area contributed by atoms with Gasteiger partial charge in [-0.05, 0) is 50.2 Å². The molecule has 0 bridgehead atoms. The third-order valence-corrected chi connectivity index (χ3v) is 4.37. The van der Waals surface area contributed by atoms with E-state index in [2.05, 4.69) is 30.8 Å². The summed E-state index contributed by atoms with van der Waals surface area (Å²) in [5.41, 5.74) is 1.17. The van der Waals surface area contributed by atoms with Crippen LogP contribution in [0.15, 0.2) is 18.3 Å². The Kier molecular flexibility index (Phi) is 3.93. The van der Waals surface area contributed by atoms with Gasteiger partial charge in [-0.15, -0.1) is 0 Å². The first-order valence-electron chi connectivity index (χ1n) is 7.09. The molecular weight excluding hydrogens is 236 g/mol. The van der Waals surface area contributed by atoms with Gasteiger partial charge in [-0.2, -0.15) is 0 Å². The standard InChI is InChI=1S/C16H24N2O/c1-12(19)13-5-6-15(17-11-13)18(4)14-7-9-16(2,3)10-8-14/h5-6,11,14H,7-10H2,1-4H3. The fourth-order valence-corrected chi connectivity index (χ4v) is 2.76. The van der Waals surface area contributed by atoms with Crippen molar-refractivity contribution >= 4 is 11.6 Å². The normalized spacial score (nSPS) is 19.2. The van der Waals surface area contributed by atoms with Crippen molar-refractivity contribution in [3.05, 3.63) is 23.9 Å².